The Morgan fingerprint density at radius 1 is 1.19 bits per heavy atom. The molecule has 0 spiro atoms. The molecule has 0 aliphatic rings. The summed E-state index contributed by atoms with van der Waals surface area (Å²) in [4.78, 5) is 4.32. The highest BCUT2D eigenvalue weighted by Crippen LogP contribution is 2.21. The van der Waals surface area contributed by atoms with Crippen LogP contribution in [-0.2, 0) is 6.54 Å². The van der Waals surface area contributed by atoms with E-state index in [9.17, 15) is 4.39 Å². The molecule has 2 aromatic rings. The van der Waals surface area contributed by atoms with Crippen LogP contribution in [0.5, 0.6) is 11.6 Å². The van der Waals surface area contributed by atoms with Crippen molar-refractivity contribution < 1.29 is 13.9 Å². The quantitative estimate of drug-likeness (QED) is 0.888. The van der Waals surface area contributed by atoms with Crippen LogP contribution < -0.4 is 14.8 Å². The van der Waals surface area contributed by atoms with Crippen molar-refractivity contribution in [1.82, 2.24) is 10.3 Å². The second kappa shape index (κ2) is 7.04. The van der Waals surface area contributed by atoms with Gasteiger partial charge in [0.2, 0.25) is 5.88 Å². The van der Waals surface area contributed by atoms with Crippen molar-refractivity contribution in [2.24, 2.45) is 0 Å². The van der Waals surface area contributed by atoms with Crippen LogP contribution in [0.3, 0.4) is 0 Å². The maximum Gasteiger partial charge on any atom is 0.213 e. The van der Waals surface area contributed by atoms with Gasteiger partial charge < -0.3 is 14.8 Å². The van der Waals surface area contributed by atoms with Gasteiger partial charge in [-0.3, -0.25) is 0 Å². The minimum Gasteiger partial charge on any atom is -0.494 e. The predicted octanol–water partition coefficient (Wildman–Crippen LogP) is 3.09. The van der Waals surface area contributed by atoms with Crippen LogP contribution in [0.2, 0.25) is 0 Å². The molecule has 1 unspecified atom stereocenters. The number of nitrogens with zero attached hydrogens (tertiary/aromatic N) is 1. The van der Waals surface area contributed by atoms with Gasteiger partial charge in [0, 0.05) is 18.7 Å². The Labute approximate surface area is 123 Å². The van der Waals surface area contributed by atoms with Gasteiger partial charge in [-0.15, -0.1) is 0 Å². The van der Waals surface area contributed by atoms with Crippen molar-refractivity contribution in [3.8, 4) is 11.6 Å². The standard InChI is InChI=1S/C16H19FN2O2/c1-11(12-7-8-15(20-2)14(17)9-12)18-10-13-5-4-6-16(19-13)21-3/h4-9,11,18H,10H2,1-3H3. The molecule has 1 atom stereocenters. The van der Waals surface area contributed by atoms with E-state index in [0.717, 1.165) is 11.3 Å². The summed E-state index contributed by atoms with van der Waals surface area (Å²) in [5.74, 6) is 0.473. The molecule has 0 radical (unpaired) electrons. The summed E-state index contributed by atoms with van der Waals surface area (Å²) >= 11 is 0. The molecule has 0 aliphatic carbocycles. The number of hydrogen-bond donors (Lipinski definition) is 1. The predicted molar refractivity (Wildman–Crippen MR) is 79.0 cm³/mol. The molecular formula is C16H19FN2O2. The lowest BCUT2D eigenvalue weighted by molar-refractivity contribution is 0.385. The average molecular weight is 290 g/mol. The van der Waals surface area contributed by atoms with Gasteiger partial charge in [0.1, 0.15) is 0 Å². The van der Waals surface area contributed by atoms with Crippen molar-refractivity contribution >= 4 is 0 Å². The van der Waals surface area contributed by atoms with E-state index in [1.54, 1.807) is 19.2 Å². The van der Waals surface area contributed by atoms with E-state index in [1.165, 1.54) is 13.2 Å². The molecule has 0 amide bonds. The number of ether oxygens (including phenoxy) is 2. The molecule has 1 N–H and O–H groups in total. The van der Waals surface area contributed by atoms with Crippen molar-refractivity contribution in [3.63, 3.8) is 0 Å². The number of nitrogens with one attached hydrogen (secondary N) is 1. The summed E-state index contributed by atoms with van der Waals surface area (Å²) in [6.45, 7) is 2.55. The monoisotopic (exact) mass is 290 g/mol. The molecule has 5 heteroatoms. The first-order valence-corrected chi connectivity index (χ1v) is 6.70. The minimum atomic E-state index is -0.358. The summed E-state index contributed by atoms with van der Waals surface area (Å²) in [6.07, 6.45) is 0. The Kier molecular flexibility index (Phi) is 5.11. The minimum absolute atomic E-state index is 0.00147. The summed E-state index contributed by atoms with van der Waals surface area (Å²) in [6, 6.07) is 10.6. The zero-order valence-electron chi connectivity index (χ0n) is 12.4. The van der Waals surface area contributed by atoms with Gasteiger partial charge in [0.05, 0.1) is 19.9 Å². The molecule has 0 bridgehead atoms. The van der Waals surface area contributed by atoms with E-state index < -0.39 is 0 Å². The first-order chi connectivity index (χ1) is 10.1. The van der Waals surface area contributed by atoms with E-state index in [4.69, 9.17) is 9.47 Å². The molecule has 4 nitrogen and oxygen atoms in total. The van der Waals surface area contributed by atoms with Gasteiger partial charge in [-0.2, -0.15) is 0 Å². The van der Waals surface area contributed by atoms with Crippen LogP contribution in [0.4, 0.5) is 4.39 Å². The Balaban J connectivity index is 2.00. The Morgan fingerprint density at radius 3 is 2.67 bits per heavy atom. The highest BCUT2D eigenvalue weighted by atomic mass is 19.1. The van der Waals surface area contributed by atoms with E-state index in [-0.39, 0.29) is 17.6 Å². The average Bonchev–Trinajstić information content (AvgIpc) is 2.52. The zero-order valence-corrected chi connectivity index (χ0v) is 12.4. The molecule has 1 heterocycles. The van der Waals surface area contributed by atoms with Crippen molar-refractivity contribution in [2.75, 3.05) is 14.2 Å². The molecule has 0 saturated carbocycles. The third kappa shape index (κ3) is 3.92. The molecule has 0 saturated heterocycles. The summed E-state index contributed by atoms with van der Waals surface area (Å²) < 4.78 is 23.7. The highest BCUT2D eigenvalue weighted by Gasteiger charge is 2.09. The van der Waals surface area contributed by atoms with Gasteiger partial charge in [-0.1, -0.05) is 12.1 Å². The van der Waals surface area contributed by atoms with Crippen LogP contribution in [0.15, 0.2) is 36.4 Å². The molecule has 112 valence electrons. The summed E-state index contributed by atoms with van der Waals surface area (Å²) in [5.41, 5.74) is 1.73. The van der Waals surface area contributed by atoms with Crippen LogP contribution in [0.25, 0.3) is 0 Å². The normalized spacial score (nSPS) is 12.0. The van der Waals surface area contributed by atoms with Crippen LogP contribution >= 0.6 is 0 Å². The van der Waals surface area contributed by atoms with Crippen molar-refractivity contribution in [3.05, 3.63) is 53.5 Å². The number of hydrogen-bond acceptors (Lipinski definition) is 4. The Bertz CT molecular complexity index is 605. The van der Waals surface area contributed by atoms with Gasteiger partial charge in [-0.05, 0) is 30.7 Å². The van der Waals surface area contributed by atoms with Gasteiger partial charge in [0.25, 0.3) is 0 Å². The largest absolute Gasteiger partial charge is 0.494 e. The molecule has 1 aromatic heterocycles. The van der Waals surface area contributed by atoms with Gasteiger partial charge >= 0.3 is 0 Å². The van der Waals surface area contributed by atoms with E-state index in [0.29, 0.717) is 12.4 Å². The molecule has 0 fully saturated rings. The number of rotatable bonds is 6. The lowest BCUT2D eigenvalue weighted by Gasteiger charge is -2.15. The first-order valence-electron chi connectivity index (χ1n) is 6.70. The van der Waals surface area contributed by atoms with E-state index in [2.05, 4.69) is 10.3 Å². The van der Waals surface area contributed by atoms with Crippen LogP contribution in [-0.4, -0.2) is 19.2 Å². The second-order valence-corrected chi connectivity index (χ2v) is 4.67. The number of halogens is 1. The maximum absolute atomic E-state index is 13.7. The van der Waals surface area contributed by atoms with Crippen molar-refractivity contribution in [2.45, 2.75) is 19.5 Å². The van der Waals surface area contributed by atoms with Gasteiger partial charge in [-0.25, -0.2) is 9.37 Å². The Hall–Kier alpha value is -2.14. The molecular weight excluding hydrogens is 271 g/mol. The maximum atomic E-state index is 13.7. The third-order valence-corrected chi connectivity index (χ3v) is 3.26. The molecule has 1 aromatic carbocycles. The topological polar surface area (TPSA) is 43.4 Å². The molecule has 21 heavy (non-hydrogen) atoms. The number of benzene rings is 1. The summed E-state index contributed by atoms with van der Waals surface area (Å²) in [7, 11) is 3.04. The summed E-state index contributed by atoms with van der Waals surface area (Å²) in [5, 5.41) is 3.31. The third-order valence-electron chi connectivity index (χ3n) is 3.26. The fourth-order valence-corrected chi connectivity index (χ4v) is 2.00. The smallest absolute Gasteiger partial charge is 0.213 e. The zero-order chi connectivity index (χ0) is 15.2. The lowest BCUT2D eigenvalue weighted by atomic mass is 10.1. The number of aromatic nitrogens is 1. The SMILES string of the molecule is COc1cccc(CNC(C)c2ccc(OC)c(F)c2)n1. The Morgan fingerprint density at radius 2 is 2.00 bits per heavy atom. The van der Waals surface area contributed by atoms with Crippen molar-refractivity contribution in [1.29, 1.82) is 0 Å². The highest BCUT2D eigenvalue weighted by molar-refractivity contribution is 5.30. The number of pyridine rings is 1. The molecule has 2 rings (SSSR count). The van der Waals surface area contributed by atoms with Crippen LogP contribution in [0.1, 0.15) is 24.2 Å². The first kappa shape index (κ1) is 15.3. The number of methoxy groups -OCH3 is 2. The fourth-order valence-electron chi connectivity index (χ4n) is 2.00. The van der Waals surface area contributed by atoms with Gasteiger partial charge in [0.15, 0.2) is 11.6 Å². The lowest BCUT2D eigenvalue weighted by Crippen LogP contribution is -2.19. The fraction of sp³-hybridized carbons (Fsp3) is 0.312. The second-order valence-electron chi connectivity index (χ2n) is 4.67. The molecule has 0 aliphatic heterocycles. The van der Waals surface area contributed by atoms with E-state index in [1.807, 2.05) is 25.1 Å². The van der Waals surface area contributed by atoms with Crippen LogP contribution in [0, 0.1) is 5.82 Å². The van der Waals surface area contributed by atoms with E-state index >= 15 is 0 Å².